The van der Waals surface area contributed by atoms with E-state index in [0.29, 0.717) is 0 Å². The predicted octanol–water partition coefficient (Wildman–Crippen LogP) is 0.207. The summed E-state index contributed by atoms with van der Waals surface area (Å²) in [5.41, 5.74) is 0. The van der Waals surface area contributed by atoms with Gasteiger partial charge in [0.05, 0.1) is 0 Å². The van der Waals surface area contributed by atoms with Crippen molar-refractivity contribution in [1.82, 2.24) is 0 Å². The first kappa shape index (κ1) is 7.00. The third kappa shape index (κ3) is 1.94. The van der Waals surface area contributed by atoms with Gasteiger partial charge in [0.2, 0.25) is 0 Å². The molecule has 0 heterocycles. The molecule has 1 aromatic rings. The van der Waals surface area contributed by atoms with Crippen LogP contribution in [0.1, 0.15) is 0 Å². The fourth-order valence-corrected chi connectivity index (χ4v) is 1.64. The number of thiol groups is 1. The molecular weight excluding hydrogens is 199 g/mol. The molecular formula is C6H6OSSe. The van der Waals surface area contributed by atoms with Gasteiger partial charge in [-0.1, -0.05) is 0 Å². The second-order valence-corrected chi connectivity index (χ2v) is 3.31. The number of hydrogen-bond acceptors (Lipinski definition) is 2. The normalized spacial score (nSPS) is 9.56. The predicted molar refractivity (Wildman–Crippen MR) is 42.1 cm³/mol. The SMILES string of the molecule is Oc1cc(S)cc([SeH])c1. The number of rotatable bonds is 0. The van der Waals surface area contributed by atoms with Crippen LogP contribution >= 0.6 is 12.6 Å². The van der Waals surface area contributed by atoms with Crippen LogP contribution in [0.25, 0.3) is 0 Å². The average molecular weight is 205 g/mol. The van der Waals surface area contributed by atoms with Gasteiger partial charge < -0.3 is 0 Å². The van der Waals surface area contributed by atoms with Gasteiger partial charge in [0.25, 0.3) is 0 Å². The zero-order valence-corrected chi connectivity index (χ0v) is 7.34. The van der Waals surface area contributed by atoms with Crippen LogP contribution in [0.5, 0.6) is 5.75 Å². The van der Waals surface area contributed by atoms with E-state index < -0.39 is 0 Å². The maximum atomic E-state index is 8.93. The zero-order chi connectivity index (χ0) is 6.85. The number of hydrogen-bond donors (Lipinski definition) is 2. The summed E-state index contributed by atoms with van der Waals surface area (Å²) in [5, 5.41) is 8.93. The van der Waals surface area contributed by atoms with Crippen LogP contribution in [0, 0.1) is 0 Å². The Morgan fingerprint density at radius 2 is 2.00 bits per heavy atom. The molecule has 0 saturated carbocycles. The molecule has 1 aromatic carbocycles. The molecule has 1 nitrogen and oxygen atoms in total. The van der Waals surface area contributed by atoms with Crippen LogP contribution in [0.4, 0.5) is 0 Å². The van der Waals surface area contributed by atoms with E-state index in [1.165, 1.54) is 0 Å². The molecule has 1 rings (SSSR count). The molecule has 0 spiro atoms. The molecule has 9 heavy (non-hydrogen) atoms. The van der Waals surface area contributed by atoms with Crippen molar-refractivity contribution in [3.63, 3.8) is 0 Å². The van der Waals surface area contributed by atoms with Gasteiger partial charge in [-0.2, -0.15) is 0 Å². The molecule has 0 radical (unpaired) electrons. The number of aromatic hydroxyl groups is 1. The summed E-state index contributed by atoms with van der Waals surface area (Å²) in [6.07, 6.45) is 0. The van der Waals surface area contributed by atoms with Crippen LogP contribution in [-0.4, -0.2) is 21.1 Å². The topological polar surface area (TPSA) is 20.2 Å². The van der Waals surface area contributed by atoms with Gasteiger partial charge in [-0.3, -0.25) is 0 Å². The Balaban J connectivity index is 3.17. The van der Waals surface area contributed by atoms with E-state index in [9.17, 15) is 0 Å². The molecule has 3 heteroatoms. The molecule has 0 fully saturated rings. The van der Waals surface area contributed by atoms with Crippen molar-refractivity contribution in [1.29, 1.82) is 0 Å². The Bertz CT molecular complexity index is 174. The van der Waals surface area contributed by atoms with E-state index in [4.69, 9.17) is 5.11 Å². The van der Waals surface area contributed by atoms with Gasteiger partial charge >= 0.3 is 67.1 Å². The van der Waals surface area contributed by atoms with Crippen molar-refractivity contribution in [3.8, 4) is 5.75 Å². The summed E-state index contributed by atoms with van der Waals surface area (Å²) >= 11 is 6.40. The van der Waals surface area contributed by atoms with E-state index in [2.05, 4.69) is 28.6 Å². The van der Waals surface area contributed by atoms with E-state index >= 15 is 0 Å². The van der Waals surface area contributed by atoms with Crippen molar-refractivity contribution in [3.05, 3.63) is 18.2 Å². The van der Waals surface area contributed by atoms with E-state index in [0.717, 1.165) is 9.36 Å². The second-order valence-electron chi connectivity index (χ2n) is 1.71. The third-order valence-corrected chi connectivity index (χ3v) is 1.69. The Morgan fingerprint density at radius 1 is 1.33 bits per heavy atom. The summed E-state index contributed by atoms with van der Waals surface area (Å²) < 4.78 is 0.965. The van der Waals surface area contributed by atoms with E-state index in [-0.39, 0.29) is 5.75 Å². The zero-order valence-electron chi connectivity index (χ0n) is 4.57. The van der Waals surface area contributed by atoms with Crippen LogP contribution in [0.2, 0.25) is 0 Å². The molecule has 0 aliphatic heterocycles. The molecule has 0 bridgehead atoms. The Kier molecular flexibility index (Phi) is 2.06. The minimum absolute atomic E-state index is 0.262. The number of phenols is 1. The summed E-state index contributed by atoms with van der Waals surface area (Å²) in [6, 6.07) is 5.13. The Morgan fingerprint density at radius 3 is 2.44 bits per heavy atom. The van der Waals surface area contributed by atoms with Crippen LogP contribution in [0.15, 0.2) is 23.1 Å². The first-order chi connectivity index (χ1) is 4.18. The molecule has 0 aromatic heterocycles. The van der Waals surface area contributed by atoms with Gasteiger partial charge in [0.15, 0.2) is 0 Å². The summed E-state index contributed by atoms with van der Waals surface area (Å²) in [6.45, 7) is 0. The maximum absolute atomic E-state index is 8.93. The van der Waals surface area contributed by atoms with Gasteiger partial charge in [-0.05, 0) is 0 Å². The molecule has 0 saturated heterocycles. The van der Waals surface area contributed by atoms with E-state index in [1.807, 2.05) is 6.07 Å². The van der Waals surface area contributed by atoms with Gasteiger partial charge in [-0.25, -0.2) is 0 Å². The molecule has 48 valence electrons. The van der Waals surface area contributed by atoms with Crippen molar-refractivity contribution < 1.29 is 5.11 Å². The third-order valence-electron chi connectivity index (χ3n) is 0.887. The molecule has 0 amide bonds. The summed E-state index contributed by atoms with van der Waals surface area (Å²) in [4.78, 5) is 0.783. The molecule has 0 unspecified atom stereocenters. The Labute approximate surface area is 67.3 Å². The fourth-order valence-electron chi connectivity index (χ4n) is 0.580. The Hall–Kier alpha value is -0.111. The van der Waals surface area contributed by atoms with E-state index in [1.54, 1.807) is 12.1 Å². The first-order valence-corrected chi connectivity index (χ1v) is 3.79. The van der Waals surface area contributed by atoms with Crippen LogP contribution < -0.4 is 4.46 Å². The first-order valence-electron chi connectivity index (χ1n) is 2.40. The fraction of sp³-hybridized carbons (Fsp3) is 0. The van der Waals surface area contributed by atoms with Crippen molar-refractivity contribution >= 4 is 33.1 Å². The van der Waals surface area contributed by atoms with Gasteiger partial charge in [0, 0.05) is 0 Å². The van der Waals surface area contributed by atoms with Gasteiger partial charge in [0.1, 0.15) is 0 Å². The van der Waals surface area contributed by atoms with Crippen molar-refractivity contribution in [2.75, 3.05) is 0 Å². The standard InChI is InChI=1S/C6H6OSSe/c7-4-1-5(8)3-6(9)2-4/h1-3,7-9H. The van der Waals surface area contributed by atoms with Crippen molar-refractivity contribution in [2.24, 2.45) is 0 Å². The van der Waals surface area contributed by atoms with Gasteiger partial charge in [-0.15, -0.1) is 0 Å². The average Bonchev–Trinajstić information content (AvgIpc) is 1.59. The molecule has 1 N–H and O–H groups in total. The molecule has 0 aliphatic rings. The number of phenolic OH excluding ortho intramolecular Hbond substituents is 1. The quantitative estimate of drug-likeness (QED) is 0.458. The van der Waals surface area contributed by atoms with Crippen molar-refractivity contribution in [2.45, 2.75) is 4.90 Å². The molecule has 0 atom stereocenters. The number of benzene rings is 1. The summed E-state index contributed by atoms with van der Waals surface area (Å²) in [5.74, 6) is 0.262. The minimum atomic E-state index is 0.262. The monoisotopic (exact) mass is 206 g/mol. The van der Waals surface area contributed by atoms with Crippen LogP contribution in [0.3, 0.4) is 0 Å². The summed E-state index contributed by atoms with van der Waals surface area (Å²) in [7, 11) is 0. The molecule has 0 aliphatic carbocycles. The van der Waals surface area contributed by atoms with Crippen LogP contribution in [-0.2, 0) is 0 Å². The second kappa shape index (κ2) is 2.65.